The fourth-order valence-corrected chi connectivity index (χ4v) is 4.16. The molecule has 0 aromatic rings. The summed E-state index contributed by atoms with van der Waals surface area (Å²) in [6.07, 6.45) is 4.14. The van der Waals surface area contributed by atoms with Crippen LogP contribution in [0, 0.1) is 11.3 Å². The van der Waals surface area contributed by atoms with Crippen LogP contribution < -0.4 is 5.32 Å². The number of rotatable bonds is 3. The third-order valence-corrected chi connectivity index (χ3v) is 5.74. The quantitative estimate of drug-likeness (QED) is 0.849. The lowest BCUT2D eigenvalue weighted by Gasteiger charge is -2.39. The molecule has 2 nitrogen and oxygen atoms in total. The van der Waals surface area contributed by atoms with Crippen LogP contribution in [0.15, 0.2) is 0 Å². The van der Waals surface area contributed by atoms with Crippen molar-refractivity contribution in [2.24, 2.45) is 11.3 Å². The fraction of sp³-hybridized carbons (Fsp3) is 1.00. The van der Waals surface area contributed by atoms with Gasteiger partial charge in [-0.2, -0.15) is 11.8 Å². The van der Waals surface area contributed by atoms with Crippen LogP contribution in [0.4, 0.5) is 0 Å². The molecule has 0 aromatic heterocycles. The average Bonchev–Trinajstić information content (AvgIpc) is 2.37. The lowest BCUT2D eigenvalue weighted by molar-refractivity contribution is 0.110. The molecule has 1 unspecified atom stereocenters. The minimum atomic E-state index is 0.508. The van der Waals surface area contributed by atoms with Gasteiger partial charge < -0.3 is 10.2 Å². The highest BCUT2D eigenvalue weighted by Crippen LogP contribution is 2.34. The van der Waals surface area contributed by atoms with Gasteiger partial charge in [0.25, 0.3) is 0 Å². The van der Waals surface area contributed by atoms with Crippen molar-refractivity contribution >= 4 is 11.8 Å². The molecule has 1 N–H and O–H groups in total. The van der Waals surface area contributed by atoms with E-state index in [2.05, 4.69) is 42.7 Å². The Morgan fingerprint density at radius 2 is 1.94 bits per heavy atom. The Kier molecular flexibility index (Phi) is 5.40. The lowest BCUT2D eigenvalue weighted by atomic mass is 9.75. The second-order valence-corrected chi connectivity index (χ2v) is 8.15. The maximum absolute atomic E-state index is 3.64. The van der Waals surface area contributed by atoms with E-state index in [-0.39, 0.29) is 0 Å². The van der Waals surface area contributed by atoms with Gasteiger partial charge in [0, 0.05) is 24.1 Å². The molecular formula is C15H30N2S. The summed E-state index contributed by atoms with van der Waals surface area (Å²) < 4.78 is 0. The first-order valence-corrected chi connectivity index (χ1v) is 8.74. The number of nitrogens with zero attached hydrogens (tertiary/aromatic N) is 1. The highest BCUT2D eigenvalue weighted by atomic mass is 32.2. The number of hydrogen-bond donors (Lipinski definition) is 1. The van der Waals surface area contributed by atoms with Crippen LogP contribution in [0.3, 0.4) is 0 Å². The van der Waals surface area contributed by atoms with E-state index in [0.717, 1.165) is 12.0 Å². The van der Waals surface area contributed by atoms with Crippen LogP contribution in [-0.4, -0.2) is 48.6 Å². The standard InChI is InChI=1S/C15H30N2S/c1-15(2,3)13-4-8-17(9-5-13)10-6-14-12-18-11-7-16-14/h13-14,16H,4-12H2,1-3H3. The molecule has 2 aliphatic heterocycles. The van der Waals surface area contributed by atoms with Crippen LogP contribution in [0.2, 0.25) is 0 Å². The molecule has 0 saturated carbocycles. The van der Waals surface area contributed by atoms with Crippen LogP contribution >= 0.6 is 11.8 Å². The van der Waals surface area contributed by atoms with Gasteiger partial charge in [0.1, 0.15) is 0 Å². The molecule has 2 heterocycles. The van der Waals surface area contributed by atoms with Gasteiger partial charge in [-0.15, -0.1) is 0 Å². The Morgan fingerprint density at radius 1 is 1.22 bits per heavy atom. The topological polar surface area (TPSA) is 15.3 Å². The molecule has 0 amide bonds. The van der Waals surface area contributed by atoms with Crippen molar-refractivity contribution in [3.05, 3.63) is 0 Å². The first-order chi connectivity index (χ1) is 8.55. The Balaban J connectivity index is 1.64. The van der Waals surface area contributed by atoms with E-state index in [9.17, 15) is 0 Å². The van der Waals surface area contributed by atoms with Crippen molar-refractivity contribution in [2.45, 2.75) is 46.1 Å². The monoisotopic (exact) mass is 270 g/mol. The fourth-order valence-electron chi connectivity index (χ4n) is 3.17. The van der Waals surface area contributed by atoms with Crippen LogP contribution in [-0.2, 0) is 0 Å². The maximum Gasteiger partial charge on any atom is 0.0170 e. The Labute approximate surface area is 117 Å². The summed E-state index contributed by atoms with van der Waals surface area (Å²) in [5.74, 6) is 3.54. The van der Waals surface area contributed by atoms with Gasteiger partial charge in [0.15, 0.2) is 0 Å². The summed E-state index contributed by atoms with van der Waals surface area (Å²) in [6, 6.07) is 0.768. The van der Waals surface area contributed by atoms with Gasteiger partial charge in [0.2, 0.25) is 0 Å². The highest BCUT2D eigenvalue weighted by Gasteiger charge is 2.28. The van der Waals surface area contributed by atoms with Gasteiger partial charge in [0.05, 0.1) is 0 Å². The molecule has 2 fully saturated rings. The number of nitrogens with one attached hydrogen (secondary N) is 1. The molecule has 2 saturated heterocycles. The van der Waals surface area contributed by atoms with E-state index in [4.69, 9.17) is 0 Å². The molecule has 0 radical (unpaired) electrons. The molecule has 1 atom stereocenters. The lowest BCUT2D eigenvalue weighted by Crippen LogP contribution is -2.43. The summed E-state index contributed by atoms with van der Waals surface area (Å²) in [5, 5.41) is 3.64. The first-order valence-electron chi connectivity index (χ1n) is 7.59. The predicted molar refractivity (Wildman–Crippen MR) is 82.4 cm³/mol. The van der Waals surface area contributed by atoms with Crippen molar-refractivity contribution in [1.29, 1.82) is 0 Å². The largest absolute Gasteiger partial charge is 0.312 e. The zero-order chi connectivity index (χ0) is 13.0. The molecule has 0 aliphatic carbocycles. The van der Waals surface area contributed by atoms with E-state index < -0.39 is 0 Å². The Bertz CT molecular complexity index is 235. The van der Waals surface area contributed by atoms with E-state index in [0.29, 0.717) is 5.41 Å². The highest BCUT2D eigenvalue weighted by molar-refractivity contribution is 7.99. The summed E-state index contributed by atoms with van der Waals surface area (Å²) in [4.78, 5) is 2.68. The molecule has 18 heavy (non-hydrogen) atoms. The summed E-state index contributed by atoms with van der Waals surface area (Å²) >= 11 is 2.11. The maximum atomic E-state index is 3.64. The molecule has 106 valence electrons. The molecule has 2 rings (SSSR count). The summed E-state index contributed by atoms with van der Waals surface area (Å²) in [6.45, 7) is 12.4. The molecule has 2 aliphatic rings. The Hall–Kier alpha value is 0.270. The van der Waals surface area contributed by atoms with Crippen LogP contribution in [0.5, 0.6) is 0 Å². The van der Waals surface area contributed by atoms with Crippen LogP contribution in [0.1, 0.15) is 40.0 Å². The van der Waals surface area contributed by atoms with Crippen molar-refractivity contribution < 1.29 is 0 Å². The molecule has 0 spiro atoms. The smallest absolute Gasteiger partial charge is 0.0170 e. The summed E-state index contributed by atoms with van der Waals surface area (Å²) in [7, 11) is 0. The second-order valence-electron chi connectivity index (χ2n) is 7.00. The Morgan fingerprint density at radius 3 is 2.50 bits per heavy atom. The third kappa shape index (κ3) is 4.43. The third-order valence-electron chi connectivity index (χ3n) is 4.60. The number of thioether (sulfide) groups is 1. The SMILES string of the molecule is CC(C)(C)C1CCN(CCC2CSCCN2)CC1. The number of hydrogen-bond acceptors (Lipinski definition) is 3. The molecular weight excluding hydrogens is 240 g/mol. The van der Waals surface area contributed by atoms with E-state index in [1.807, 2.05) is 0 Å². The number of likely N-dealkylation sites (tertiary alicyclic amines) is 1. The van der Waals surface area contributed by atoms with Crippen LogP contribution in [0.25, 0.3) is 0 Å². The zero-order valence-corrected chi connectivity index (χ0v) is 13.2. The average molecular weight is 270 g/mol. The van der Waals surface area contributed by atoms with Crippen molar-refractivity contribution in [3.8, 4) is 0 Å². The molecule has 3 heteroatoms. The minimum absolute atomic E-state index is 0.508. The van der Waals surface area contributed by atoms with Gasteiger partial charge in [-0.1, -0.05) is 20.8 Å². The minimum Gasteiger partial charge on any atom is -0.312 e. The second kappa shape index (κ2) is 6.62. The predicted octanol–water partition coefficient (Wildman–Crippen LogP) is 2.84. The van der Waals surface area contributed by atoms with Gasteiger partial charge in [-0.05, 0) is 50.2 Å². The van der Waals surface area contributed by atoms with E-state index in [1.165, 1.54) is 56.9 Å². The van der Waals surface area contributed by atoms with Gasteiger partial charge >= 0.3 is 0 Å². The van der Waals surface area contributed by atoms with Crippen molar-refractivity contribution in [1.82, 2.24) is 10.2 Å². The van der Waals surface area contributed by atoms with Gasteiger partial charge in [-0.25, -0.2) is 0 Å². The normalized spacial score (nSPS) is 28.5. The number of piperidine rings is 1. The van der Waals surface area contributed by atoms with Gasteiger partial charge in [-0.3, -0.25) is 0 Å². The van der Waals surface area contributed by atoms with Crippen molar-refractivity contribution in [2.75, 3.05) is 37.7 Å². The molecule has 0 bridgehead atoms. The first kappa shape index (κ1) is 14.7. The van der Waals surface area contributed by atoms with E-state index in [1.54, 1.807) is 0 Å². The van der Waals surface area contributed by atoms with Crippen molar-refractivity contribution in [3.63, 3.8) is 0 Å². The summed E-state index contributed by atoms with van der Waals surface area (Å²) in [5.41, 5.74) is 0.508. The zero-order valence-electron chi connectivity index (χ0n) is 12.4. The molecule has 0 aromatic carbocycles. The van der Waals surface area contributed by atoms with E-state index >= 15 is 0 Å².